The van der Waals surface area contributed by atoms with E-state index in [0.29, 0.717) is 0 Å². The first-order chi connectivity index (χ1) is 10.8. The lowest BCUT2D eigenvalue weighted by Crippen LogP contribution is -1.89. The van der Waals surface area contributed by atoms with Gasteiger partial charge in [0.2, 0.25) is 0 Å². The fourth-order valence-electron chi connectivity index (χ4n) is 3.11. The first kappa shape index (κ1) is 13.7. The molecule has 2 heteroatoms. The Balaban J connectivity index is 2.14. The van der Waals surface area contributed by atoms with Crippen molar-refractivity contribution in [2.24, 2.45) is 0 Å². The van der Waals surface area contributed by atoms with Crippen LogP contribution in [0.1, 0.15) is 11.1 Å². The van der Waals surface area contributed by atoms with Crippen LogP contribution < -0.4 is 0 Å². The van der Waals surface area contributed by atoms with Gasteiger partial charge in [0.15, 0.2) is 0 Å². The van der Waals surface area contributed by atoms with E-state index in [9.17, 15) is 0 Å². The summed E-state index contributed by atoms with van der Waals surface area (Å²) >= 11 is 3.62. The van der Waals surface area contributed by atoms with Gasteiger partial charge in [-0.15, -0.1) is 22.7 Å². The Kier molecular flexibility index (Phi) is 3.36. The van der Waals surface area contributed by atoms with Crippen molar-refractivity contribution in [1.29, 1.82) is 0 Å². The van der Waals surface area contributed by atoms with Gasteiger partial charge in [-0.25, -0.2) is 0 Å². The molecule has 0 aliphatic rings. The largest absolute Gasteiger partial charge is 0.144 e. The van der Waals surface area contributed by atoms with Gasteiger partial charge in [-0.05, 0) is 69.8 Å². The van der Waals surface area contributed by atoms with Crippen LogP contribution in [0.5, 0.6) is 0 Å². The molecule has 0 fully saturated rings. The van der Waals surface area contributed by atoms with Gasteiger partial charge in [-0.2, -0.15) is 0 Å². The fraction of sp³-hybridized carbons (Fsp3) is 0.100. The van der Waals surface area contributed by atoms with E-state index < -0.39 is 0 Å². The van der Waals surface area contributed by atoms with Crippen molar-refractivity contribution in [3.63, 3.8) is 0 Å². The van der Waals surface area contributed by atoms with Crippen molar-refractivity contribution in [3.05, 3.63) is 70.4 Å². The van der Waals surface area contributed by atoms with E-state index >= 15 is 0 Å². The summed E-state index contributed by atoms with van der Waals surface area (Å²) in [4.78, 5) is 2.69. The summed E-state index contributed by atoms with van der Waals surface area (Å²) in [5.74, 6) is 0. The minimum atomic E-state index is 1.34. The van der Waals surface area contributed by atoms with E-state index in [4.69, 9.17) is 0 Å². The molecule has 0 nitrogen and oxygen atoms in total. The lowest BCUT2D eigenvalue weighted by atomic mass is 9.91. The van der Waals surface area contributed by atoms with Crippen LogP contribution in [-0.4, -0.2) is 0 Å². The number of thiophene rings is 2. The quantitative estimate of drug-likeness (QED) is 0.376. The van der Waals surface area contributed by atoms with E-state index in [-0.39, 0.29) is 0 Å². The minimum absolute atomic E-state index is 1.34. The molecule has 4 rings (SSSR count). The summed E-state index contributed by atoms with van der Waals surface area (Å²) < 4.78 is 0. The lowest BCUT2D eigenvalue weighted by Gasteiger charge is -2.14. The van der Waals surface area contributed by atoms with E-state index in [0.717, 1.165) is 0 Å². The molecule has 0 N–H and O–H groups in total. The molecule has 0 unspecified atom stereocenters. The maximum atomic E-state index is 2.27. The van der Waals surface area contributed by atoms with Crippen LogP contribution in [-0.2, 0) is 0 Å². The van der Waals surface area contributed by atoms with E-state index in [2.05, 4.69) is 73.1 Å². The van der Waals surface area contributed by atoms with Gasteiger partial charge in [0.25, 0.3) is 0 Å². The van der Waals surface area contributed by atoms with Gasteiger partial charge in [-0.1, -0.05) is 36.4 Å². The van der Waals surface area contributed by atoms with Gasteiger partial charge < -0.3 is 0 Å². The van der Waals surface area contributed by atoms with Gasteiger partial charge in [0.05, 0.1) is 0 Å². The van der Waals surface area contributed by atoms with E-state index in [1.165, 1.54) is 42.8 Å². The van der Waals surface area contributed by atoms with Crippen LogP contribution in [0.2, 0.25) is 0 Å². The average Bonchev–Trinajstić information content (AvgIpc) is 3.22. The second kappa shape index (κ2) is 5.38. The van der Waals surface area contributed by atoms with Crippen LogP contribution in [0.3, 0.4) is 0 Å². The van der Waals surface area contributed by atoms with Crippen LogP contribution >= 0.6 is 22.7 Å². The van der Waals surface area contributed by atoms with E-state index in [1.54, 1.807) is 0 Å². The molecule has 0 amide bonds. The Bertz CT molecular complexity index is 850. The number of aryl methyl sites for hydroxylation is 2. The first-order valence-electron chi connectivity index (χ1n) is 7.36. The molecule has 0 saturated carbocycles. The number of fused-ring (bicyclic) bond motifs is 1. The van der Waals surface area contributed by atoms with Crippen molar-refractivity contribution in [3.8, 4) is 20.9 Å². The Morgan fingerprint density at radius 2 is 1.05 bits per heavy atom. The highest BCUT2D eigenvalue weighted by molar-refractivity contribution is 7.14. The molecule has 108 valence electrons. The van der Waals surface area contributed by atoms with Crippen LogP contribution in [0.15, 0.2) is 59.3 Å². The number of hydrogen-bond donors (Lipinski definition) is 0. The maximum Gasteiger partial charge on any atom is 0.0349 e. The number of hydrogen-bond acceptors (Lipinski definition) is 2. The predicted octanol–water partition coefficient (Wildman–Crippen LogP) is 6.91. The van der Waals surface area contributed by atoms with Gasteiger partial charge in [0, 0.05) is 9.75 Å². The van der Waals surface area contributed by atoms with Crippen LogP contribution in [0.4, 0.5) is 0 Å². The summed E-state index contributed by atoms with van der Waals surface area (Å²) in [6.45, 7) is 4.44. The smallest absolute Gasteiger partial charge is 0.0349 e. The van der Waals surface area contributed by atoms with E-state index in [1.807, 2.05) is 22.7 Å². The minimum Gasteiger partial charge on any atom is -0.144 e. The topological polar surface area (TPSA) is 0 Å². The lowest BCUT2D eigenvalue weighted by molar-refractivity contribution is 1.48. The van der Waals surface area contributed by atoms with Gasteiger partial charge in [0.1, 0.15) is 0 Å². The first-order valence-corrected chi connectivity index (χ1v) is 9.12. The third kappa shape index (κ3) is 2.11. The normalized spacial score (nSPS) is 11.2. The molecule has 2 aromatic carbocycles. The molecular weight excluding hydrogens is 304 g/mol. The molecule has 0 spiro atoms. The third-order valence-electron chi connectivity index (χ3n) is 4.15. The Morgan fingerprint density at radius 3 is 1.41 bits per heavy atom. The summed E-state index contributed by atoms with van der Waals surface area (Å²) in [7, 11) is 0. The summed E-state index contributed by atoms with van der Waals surface area (Å²) in [5, 5.41) is 7.10. The molecule has 0 aliphatic heterocycles. The highest BCUT2D eigenvalue weighted by Crippen LogP contribution is 2.40. The van der Waals surface area contributed by atoms with Crippen molar-refractivity contribution in [2.45, 2.75) is 13.8 Å². The SMILES string of the molecule is Cc1ccc(-c2cccs2)c2c(C)ccc(-c3cccs3)c12. The zero-order valence-corrected chi connectivity index (χ0v) is 14.2. The molecule has 0 aliphatic carbocycles. The molecule has 2 heterocycles. The summed E-state index contributed by atoms with van der Waals surface area (Å²) in [6.07, 6.45) is 0. The highest BCUT2D eigenvalue weighted by atomic mass is 32.1. The Morgan fingerprint density at radius 1 is 0.591 bits per heavy atom. The molecule has 2 aromatic heterocycles. The standard InChI is InChI=1S/C20H16S2/c1-13-7-9-16(18-6-4-12-22-18)20-14(2)8-10-15(19(13)20)17-5-3-11-21-17/h3-12H,1-2H3. The third-order valence-corrected chi connectivity index (χ3v) is 5.96. The zero-order valence-electron chi connectivity index (χ0n) is 12.6. The molecule has 4 aromatic rings. The van der Waals surface area contributed by atoms with Crippen LogP contribution in [0.25, 0.3) is 31.7 Å². The second-order valence-electron chi connectivity index (χ2n) is 5.56. The Labute approximate surface area is 138 Å². The fourth-order valence-corrected chi connectivity index (χ4v) is 4.63. The number of rotatable bonds is 2. The van der Waals surface area contributed by atoms with Crippen molar-refractivity contribution >= 4 is 33.4 Å². The molecular formula is C20H16S2. The molecule has 22 heavy (non-hydrogen) atoms. The highest BCUT2D eigenvalue weighted by Gasteiger charge is 2.14. The summed E-state index contributed by atoms with van der Waals surface area (Å²) in [5.41, 5.74) is 5.41. The molecule has 0 radical (unpaired) electrons. The molecule has 0 atom stereocenters. The number of benzene rings is 2. The van der Waals surface area contributed by atoms with Crippen LogP contribution in [0, 0.1) is 13.8 Å². The van der Waals surface area contributed by atoms with Crippen molar-refractivity contribution in [1.82, 2.24) is 0 Å². The monoisotopic (exact) mass is 320 g/mol. The molecule has 0 saturated heterocycles. The van der Waals surface area contributed by atoms with Gasteiger partial charge >= 0.3 is 0 Å². The van der Waals surface area contributed by atoms with Crippen molar-refractivity contribution in [2.75, 3.05) is 0 Å². The van der Waals surface area contributed by atoms with Gasteiger partial charge in [-0.3, -0.25) is 0 Å². The zero-order chi connectivity index (χ0) is 15.1. The second-order valence-corrected chi connectivity index (χ2v) is 7.46. The average molecular weight is 320 g/mol. The van der Waals surface area contributed by atoms with Crippen molar-refractivity contribution < 1.29 is 0 Å². The maximum absolute atomic E-state index is 2.27. The Hall–Kier alpha value is -1.90. The molecule has 0 bridgehead atoms. The summed E-state index contributed by atoms with van der Waals surface area (Å²) in [6, 6.07) is 17.7. The predicted molar refractivity (Wildman–Crippen MR) is 100 cm³/mol.